The molecule has 144 valence electrons. The molecular weight excluding hydrogens is 348 g/mol. The smallest absolute Gasteiger partial charge is 0.255 e. The number of carbonyl (C=O) groups excluding carboxylic acids is 2. The van der Waals surface area contributed by atoms with Crippen molar-refractivity contribution in [3.8, 4) is 5.75 Å². The average Bonchev–Trinajstić information content (AvgIpc) is 3.12. The lowest BCUT2D eigenvalue weighted by molar-refractivity contribution is -0.115. The third-order valence-electron chi connectivity index (χ3n) is 4.37. The first-order chi connectivity index (χ1) is 13.1. The molecule has 0 saturated carbocycles. The molecule has 0 bridgehead atoms. The summed E-state index contributed by atoms with van der Waals surface area (Å²) in [5.41, 5.74) is 0.978. The maximum atomic E-state index is 12.2. The Morgan fingerprint density at radius 3 is 2.81 bits per heavy atom. The minimum absolute atomic E-state index is 0.0833. The zero-order chi connectivity index (χ0) is 19.1. The quantitative estimate of drug-likeness (QED) is 0.780. The van der Waals surface area contributed by atoms with Crippen molar-refractivity contribution >= 4 is 17.5 Å². The number of anilines is 1. The van der Waals surface area contributed by atoms with Gasteiger partial charge in [0.2, 0.25) is 5.91 Å². The second-order valence-electron chi connectivity index (χ2n) is 6.42. The lowest BCUT2D eigenvalue weighted by Crippen LogP contribution is -2.33. The van der Waals surface area contributed by atoms with Crippen molar-refractivity contribution < 1.29 is 23.5 Å². The lowest BCUT2D eigenvalue weighted by Gasteiger charge is -2.23. The van der Waals surface area contributed by atoms with Gasteiger partial charge in [-0.1, -0.05) is 12.1 Å². The Balaban J connectivity index is 1.51. The van der Waals surface area contributed by atoms with E-state index in [-0.39, 0.29) is 24.5 Å². The SMILES string of the molecule is Cc1occc1C(=O)NCC(=O)Nc1ccccc1OC[C@H]1CCCCO1. The Morgan fingerprint density at radius 1 is 1.22 bits per heavy atom. The topological polar surface area (TPSA) is 89.8 Å². The number of nitrogens with one attached hydrogen (secondary N) is 2. The van der Waals surface area contributed by atoms with Gasteiger partial charge in [-0.05, 0) is 44.4 Å². The van der Waals surface area contributed by atoms with Crippen LogP contribution in [-0.2, 0) is 9.53 Å². The normalized spacial score (nSPS) is 16.6. The summed E-state index contributed by atoms with van der Waals surface area (Å²) in [5, 5.41) is 5.35. The average molecular weight is 372 g/mol. The Morgan fingerprint density at radius 2 is 2.07 bits per heavy atom. The molecule has 2 N–H and O–H groups in total. The number of aryl methyl sites for hydroxylation is 1. The van der Waals surface area contributed by atoms with Gasteiger partial charge in [-0.3, -0.25) is 9.59 Å². The maximum absolute atomic E-state index is 12.2. The van der Waals surface area contributed by atoms with Crippen LogP contribution in [0.2, 0.25) is 0 Å². The summed E-state index contributed by atoms with van der Waals surface area (Å²) >= 11 is 0. The predicted molar refractivity (Wildman–Crippen MR) is 99.9 cm³/mol. The van der Waals surface area contributed by atoms with Gasteiger partial charge in [-0.2, -0.15) is 0 Å². The van der Waals surface area contributed by atoms with Gasteiger partial charge in [0, 0.05) is 6.61 Å². The van der Waals surface area contributed by atoms with Gasteiger partial charge in [0.15, 0.2) is 0 Å². The van der Waals surface area contributed by atoms with Crippen LogP contribution in [0.4, 0.5) is 5.69 Å². The number of hydrogen-bond donors (Lipinski definition) is 2. The van der Waals surface area contributed by atoms with Crippen LogP contribution in [-0.4, -0.2) is 37.7 Å². The van der Waals surface area contributed by atoms with E-state index in [0.29, 0.717) is 29.4 Å². The maximum Gasteiger partial charge on any atom is 0.255 e. The van der Waals surface area contributed by atoms with E-state index >= 15 is 0 Å². The molecule has 0 spiro atoms. The van der Waals surface area contributed by atoms with Crippen molar-refractivity contribution in [3.63, 3.8) is 0 Å². The molecule has 1 aromatic heterocycles. The van der Waals surface area contributed by atoms with Crippen LogP contribution in [0.25, 0.3) is 0 Å². The zero-order valence-electron chi connectivity index (χ0n) is 15.3. The molecule has 3 rings (SSSR count). The van der Waals surface area contributed by atoms with Crippen LogP contribution in [0.1, 0.15) is 35.4 Å². The fraction of sp³-hybridized carbons (Fsp3) is 0.400. The van der Waals surface area contributed by atoms with E-state index in [4.69, 9.17) is 13.9 Å². The molecule has 1 aromatic carbocycles. The van der Waals surface area contributed by atoms with Crippen molar-refractivity contribution in [1.29, 1.82) is 0 Å². The minimum Gasteiger partial charge on any atom is -0.489 e. The highest BCUT2D eigenvalue weighted by atomic mass is 16.5. The third kappa shape index (κ3) is 5.34. The van der Waals surface area contributed by atoms with Crippen molar-refractivity contribution in [1.82, 2.24) is 5.32 Å². The molecule has 7 heteroatoms. The molecule has 2 heterocycles. The molecule has 1 saturated heterocycles. The summed E-state index contributed by atoms with van der Waals surface area (Å²) in [6.07, 6.45) is 4.73. The Kier molecular flexibility index (Phi) is 6.49. The van der Waals surface area contributed by atoms with E-state index in [1.165, 1.54) is 6.26 Å². The highest BCUT2D eigenvalue weighted by Crippen LogP contribution is 2.25. The third-order valence-corrected chi connectivity index (χ3v) is 4.37. The summed E-state index contributed by atoms with van der Waals surface area (Å²) in [6.45, 7) is 2.76. The molecule has 0 aliphatic carbocycles. The van der Waals surface area contributed by atoms with E-state index < -0.39 is 0 Å². The van der Waals surface area contributed by atoms with E-state index in [1.54, 1.807) is 25.1 Å². The van der Waals surface area contributed by atoms with Crippen LogP contribution in [0.15, 0.2) is 41.0 Å². The fourth-order valence-corrected chi connectivity index (χ4v) is 2.89. The monoisotopic (exact) mass is 372 g/mol. The van der Waals surface area contributed by atoms with Crippen molar-refractivity contribution in [2.75, 3.05) is 25.1 Å². The number of rotatable bonds is 7. The summed E-state index contributed by atoms with van der Waals surface area (Å²) in [4.78, 5) is 24.2. The Hall–Kier alpha value is -2.80. The highest BCUT2D eigenvalue weighted by Gasteiger charge is 2.16. The van der Waals surface area contributed by atoms with Gasteiger partial charge < -0.3 is 24.5 Å². The van der Waals surface area contributed by atoms with Gasteiger partial charge in [0.05, 0.1) is 30.2 Å². The molecular formula is C20H24N2O5. The van der Waals surface area contributed by atoms with E-state index in [9.17, 15) is 9.59 Å². The number of carbonyl (C=O) groups is 2. The first-order valence-corrected chi connectivity index (χ1v) is 9.09. The standard InChI is InChI=1S/C20H24N2O5/c1-14-16(9-11-25-14)20(24)21-12-19(23)22-17-7-2-3-8-18(17)27-13-15-6-4-5-10-26-15/h2-3,7-9,11,15H,4-6,10,12-13H2,1H3,(H,21,24)(H,22,23)/t15-/m1/s1. The summed E-state index contributed by atoms with van der Waals surface area (Å²) in [7, 11) is 0. The van der Waals surface area contributed by atoms with E-state index in [2.05, 4.69) is 10.6 Å². The van der Waals surface area contributed by atoms with E-state index in [1.807, 2.05) is 12.1 Å². The van der Waals surface area contributed by atoms with Gasteiger partial charge >= 0.3 is 0 Å². The van der Waals surface area contributed by atoms with Crippen molar-refractivity contribution in [2.24, 2.45) is 0 Å². The Bertz CT molecular complexity index is 780. The minimum atomic E-state index is -0.351. The molecule has 0 radical (unpaired) electrons. The summed E-state index contributed by atoms with van der Waals surface area (Å²) in [5.74, 6) is 0.401. The Labute approximate surface area is 158 Å². The van der Waals surface area contributed by atoms with Crippen molar-refractivity contribution in [2.45, 2.75) is 32.3 Å². The number of amides is 2. The predicted octanol–water partition coefficient (Wildman–Crippen LogP) is 2.90. The number of ether oxygens (including phenoxy) is 2. The number of benzene rings is 1. The van der Waals surface area contributed by atoms with Crippen LogP contribution < -0.4 is 15.4 Å². The van der Waals surface area contributed by atoms with Crippen LogP contribution >= 0.6 is 0 Å². The molecule has 2 aromatic rings. The van der Waals surface area contributed by atoms with Gasteiger partial charge in [0.1, 0.15) is 18.1 Å². The number of furan rings is 1. The second kappa shape index (κ2) is 9.23. The molecule has 27 heavy (non-hydrogen) atoms. The van der Waals surface area contributed by atoms with Crippen LogP contribution in [0.5, 0.6) is 5.75 Å². The second-order valence-corrected chi connectivity index (χ2v) is 6.42. The highest BCUT2D eigenvalue weighted by molar-refractivity contribution is 6.00. The largest absolute Gasteiger partial charge is 0.489 e. The molecule has 1 aliphatic heterocycles. The van der Waals surface area contributed by atoms with Crippen molar-refractivity contribution in [3.05, 3.63) is 47.9 Å². The molecule has 0 unspecified atom stereocenters. The zero-order valence-corrected chi connectivity index (χ0v) is 15.3. The fourth-order valence-electron chi connectivity index (χ4n) is 2.89. The summed E-state index contributed by atoms with van der Waals surface area (Å²) in [6, 6.07) is 8.78. The molecule has 7 nitrogen and oxygen atoms in total. The van der Waals surface area contributed by atoms with E-state index in [0.717, 1.165) is 25.9 Å². The molecule has 2 amide bonds. The lowest BCUT2D eigenvalue weighted by atomic mass is 10.1. The molecule has 1 atom stereocenters. The first-order valence-electron chi connectivity index (χ1n) is 9.09. The van der Waals surface area contributed by atoms with Gasteiger partial charge in [0.25, 0.3) is 5.91 Å². The number of para-hydroxylation sites is 2. The van der Waals surface area contributed by atoms with Crippen LogP contribution in [0.3, 0.4) is 0 Å². The number of hydrogen-bond acceptors (Lipinski definition) is 5. The first kappa shape index (κ1) is 19.0. The van der Waals surface area contributed by atoms with Gasteiger partial charge in [-0.15, -0.1) is 0 Å². The van der Waals surface area contributed by atoms with Gasteiger partial charge in [-0.25, -0.2) is 0 Å². The molecule has 1 aliphatic rings. The molecule has 1 fully saturated rings. The summed E-state index contributed by atoms with van der Waals surface area (Å²) < 4.78 is 16.6. The van der Waals surface area contributed by atoms with Crippen LogP contribution in [0, 0.1) is 6.92 Å².